The second-order valence-electron chi connectivity index (χ2n) is 3.61. The Kier molecular flexibility index (Phi) is 1.72. The first-order valence-corrected chi connectivity index (χ1v) is 4.30. The lowest BCUT2D eigenvalue weighted by molar-refractivity contribution is -0.385. The number of nitro groups is 1. The molecule has 1 aromatic rings. The van der Waals surface area contributed by atoms with Crippen LogP contribution in [-0.4, -0.2) is 10.0 Å². The Bertz CT molecular complexity index is 399. The van der Waals surface area contributed by atoms with Gasteiger partial charge in [0.05, 0.1) is 10.5 Å². The quantitative estimate of drug-likeness (QED) is 0.547. The first-order chi connectivity index (χ1) is 6.53. The van der Waals surface area contributed by atoms with Crippen LogP contribution in [0.4, 0.5) is 5.69 Å². The minimum Gasteiger partial charge on any atom is -0.508 e. The summed E-state index contributed by atoms with van der Waals surface area (Å²) in [7, 11) is 0. The Hall–Kier alpha value is -1.62. The van der Waals surface area contributed by atoms with Crippen LogP contribution in [0.5, 0.6) is 5.75 Å². The molecule has 2 rings (SSSR count). The maximum atomic E-state index is 10.7. The van der Waals surface area contributed by atoms with E-state index in [0.29, 0.717) is 5.56 Å². The summed E-state index contributed by atoms with van der Waals surface area (Å²) in [6, 6.07) is 3.97. The number of hydrogen-bond donors (Lipinski definition) is 2. The summed E-state index contributed by atoms with van der Waals surface area (Å²) >= 11 is 0. The molecule has 0 saturated heterocycles. The van der Waals surface area contributed by atoms with Gasteiger partial charge in [-0.25, -0.2) is 0 Å². The molecule has 0 heterocycles. The topological polar surface area (TPSA) is 89.4 Å². The Morgan fingerprint density at radius 2 is 2.14 bits per heavy atom. The van der Waals surface area contributed by atoms with E-state index in [4.69, 9.17) is 5.73 Å². The molecule has 5 heteroatoms. The van der Waals surface area contributed by atoms with Gasteiger partial charge in [0.25, 0.3) is 5.69 Å². The number of aromatic hydroxyl groups is 1. The minimum atomic E-state index is -0.596. The summed E-state index contributed by atoms with van der Waals surface area (Å²) in [6.07, 6.45) is 1.47. The number of nitrogens with zero attached hydrogens (tertiary/aromatic N) is 1. The fourth-order valence-electron chi connectivity index (χ4n) is 1.49. The molecule has 0 bridgehead atoms. The number of nitro benzene ring substituents is 1. The molecule has 0 aromatic heterocycles. The zero-order chi connectivity index (χ0) is 10.3. The van der Waals surface area contributed by atoms with Gasteiger partial charge in [-0.05, 0) is 25.0 Å². The highest BCUT2D eigenvalue weighted by Crippen LogP contribution is 2.47. The molecule has 3 N–H and O–H groups in total. The van der Waals surface area contributed by atoms with Crippen LogP contribution in [0.3, 0.4) is 0 Å². The molecule has 1 aliphatic rings. The number of phenolic OH excluding ortho intramolecular Hbond substituents is 1. The maximum absolute atomic E-state index is 10.7. The zero-order valence-corrected chi connectivity index (χ0v) is 7.43. The fourth-order valence-corrected chi connectivity index (χ4v) is 1.49. The first-order valence-electron chi connectivity index (χ1n) is 4.30. The standard InChI is InChI=1S/C9H10N2O3/c10-9(3-4-9)7-5-6(12)1-2-8(7)11(13)14/h1-2,5,12H,3-4,10H2. The minimum absolute atomic E-state index is 0.0113. The van der Waals surface area contributed by atoms with Crippen molar-refractivity contribution in [2.24, 2.45) is 5.73 Å². The van der Waals surface area contributed by atoms with Crippen molar-refractivity contribution in [3.63, 3.8) is 0 Å². The molecule has 1 aromatic carbocycles. The van der Waals surface area contributed by atoms with E-state index >= 15 is 0 Å². The zero-order valence-electron chi connectivity index (χ0n) is 7.43. The molecule has 14 heavy (non-hydrogen) atoms. The third kappa shape index (κ3) is 1.31. The van der Waals surface area contributed by atoms with Crippen molar-refractivity contribution in [1.82, 2.24) is 0 Å². The maximum Gasteiger partial charge on any atom is 0.274 e. The second-order valence-corrected chi connectivity index (χ2v) is 3.61. The van der Waals surface area contributed by atoms with E-state index in [-0.39, 0.29) is 11.4 Å². The molecule has 1 fully saturated rings. The van der Waals surface area contributed by atoms with E-state index < -0.39 is 10.5 Å². The van der Waals surface area contributed by atoms with E-state index in [0.717, 1.165) is 12.8 Å². The van der Waals surface area contributed by atoms with Crippen molar-refractivity contribution in [1.29, 1.82) is 0 Å². The highest BCUT2D eigenvalue weighted by atomic mass is 16.6. The van der Waals surface area contributed by atoms with E-state index in [1.54, 1.807) is 0 Å². The van der Waals surface area contributed by atoms with Crippen LogP contribution in [0.2, 0.25) is 0 Å². The largest absolute Gasteiger partial charge is 0.508 e. The first kappa shape index (κ1) is 8.96. The molecule has 0 amide bonds. The van der Waals surface area contributed by atoms with Gasteiger partial charge in [0.1, 0.15) is 5.75 Å². The van der Waals surface area contributed by atoms with Gasteiger partial charge in [0.15, 0.2) is 0 Å². The van der Waals surface area contributed by atoms with Gasteiger partial charge in [-0.15, -0.1) is 0 Å². The van der Waals surface area contributed by atoms with Gasteiger partial charge in [-0.3, -0.25) is 10.1 Å². The highest BCUT2D eigenvalue weighted by molar-refractivity contribution is 5.50. The number of phenols is 1. The summed E-state index contributed by atoms with van der Waals surface area (Å²) in [6.45, 7) is 0. The molecule has 74 valence electrons. The van der Waals surface area contributed by atoms with Crippen LogP contribution in [-0.2, 0) is 5.54 Å². The molecule has 0 radical (unpaired) electrons. The number of hydrogen-bond acceptors (Lipinski definition) is 4. The number of nitrogens with two attached hydrogens (primary N) is 1. The second kappa shape index (κ2) is 2.68. The lowest BCUT2D eigenvalue weighted by Gasteiger charge is -2.09. The Morgan fingerprint density at radius 3 is 2.64 bits per heavy atom. The van der Waals surface area contributed by atoms with Crippen molar-refractivity contribution in [3.05, 3.63) is 33.9 Å². The van der Waals surface area contributed by atoms with Crippen molar-refractivity contribution >= 4 is 5.69 Å². The van der Waals surface area contributed by atoms with Crippen molar-refractivity contribution in [2.75, 3.05) is 0 Å². The van der Waals surface area contributed by atoms with Crippen LogP contribution < -0.4 is 5.73 Å². The van der Waals surface area contributed by atoms with Gasteiger partial charge in [0, 0.05) is 11.6 Å². The van der Waals surface area contributed by atoms with Gasteiger partial charge in [-0.2, -0.15) is 0 Å². The van der Waals surface area contributed by atoms with Crippen LogP contribution >= 0.6 is 0 Å². The lowest BCUT2D eigenvalue weighted by atomic mass is 10.0. The summed E-state index contributed by atoms with van der Waals surface area (Å²) < 4.78 is 0. The van der Waals surface area contributed by atoms with Gasteiger partial charge in [-0.1, -0.05) is 0 Å². The molecular weight excluding hydrogens is 184 g/mol. The molecular formula is C9H10N2O3. The molecule has 0 aliphatic heterocycles. The highest BCUT2D eigenvalue weighted by Gasteiger charge is 2.44. The average molecular weight is 194 g/mol. The van der Waals surface area contributed by atoms with Gasteiger partial charge >= 0.3 is 0 Å². The van der Waals surface area contributed by atoms with Crippen LogP contribution in [0, 0.1) is 10.1 Å². The monoisotopic (exact) mass is 194 g/mol. The summed E-state index contributed by atoms with van der Waals surface area (Å²) in [4.78, 5) is 10.2. The number of rotatable bonds is 2. The normalized spacial score (nSPS) is 17.8. The summed E-state index contributed by atoms with van der Waals surface area (Å²) in [5.74, 6) is 0.0160. The van der Waals surface area contributed by atoms with Crippen LogP contribution in [0.25, 0.3) is 0 Å². The van der Waals surface area contributed by atoms with Crippen LogP contribution in [0.1, 0.15) is 18.4 Å². The smallest absolute Gasteiger partial charge is 0.274 e. The molecule has 0 atom stereocenters. The van der Waals surface area contributed by atoms with Crippen molar-refractivity contribution < 1.29 is 10.0 Å². The third-order valence-corrected chi connectivity index (χ3v) is 2.50. The number of benzene rings is 1. The average Bonchev–Trinajstić information content (AvgIpc) is 2.84. The Labute approximate surface area is 80.3 Å². The molecule has 5 nitrogen and oxygen atoms in total. The predicted octanol–water partition coefficient (Wildman–Crippen LogP) is 1.25. The van der Waals surface area contributed by atoms with E-state index in [2.05, 4.69) is 0 Å². The van der Waals surface area contributed by atoms with E-state index in [9.17, 15) is 15.2 Å². The fraction of sp³-hybridized carbons (Fsp3) is 0.333. The summed E-state index contributed by atoms with van der Waals surface area (Å²) in [5.41, 5.74) is 5.69. The lowest BCUT2D eigenvalue weighted by Crippen LogP contribution is -2.20. The van der Waals surface area contributed by atoms with Gasteiger partial charge in [0.2, 0.25) is 0 Å². The van der Waals surface area contributed by atoms with E-state index in [1.807, 2.05) is 0 Å². The van der Waals surface area contributed by atoms with E-state index in [1.165, 1.54) is 18.2 Å². The Morgan fingerprint density at radius 1 is 1.50 bits per heavy atom. The SMILES string of the molecule is NC1(c2cc(O)ccc2[N+](=O)[O-])CC1. The van der Waals surface area contributed by atoms with Crippen molar-refractivity contribution in [2.45, 2.75) is 18.4 Å². The Balaban J connectivity index is 2.54. The van der Waals surface area contributed by atoms with Crippen molar-refractivity contribution in [3.8, 4) is 5.75 Å². The predicted molar refractivity (Wildman–Crippen MR) is 49.9 cm³/mol. The third-order valence-electron chi connectivity index (χ3n) is 2.50. The molecule has 0 spiro atoms. The molecule has 1 aliphatic carbocycles. The molecule has 1 saturated carbocycles. The van der Waals surface area contributed by atoms with Crippen LogP contribution in [0.15, 0.2) is 18.2 Å². The van der Waals surface area contributed by atoms with Gasteiger partial charge < -0.3 is 10.8 Å². The molecule has 0 unspecified atom stereocenters. The summed E-state index contributed by atoms with van der Waals surface area (Å²) in [5, 5.41) is 19.9.